The Hall–Kier alpha value is -5.17. The molecule has 0 aliphatic heterocycles. The summed E-state index contributed by atoms with van der Waals surface area (Å²) in [6.07, 6.45) is 0.992. The van der Waals surface area contributed by atoms with Gasteiger partial charge in [0.1, 0.15) is 0 Å². The molecule has 0 aromatic heterocycles. The molecule has 13 nitrogen and oxygen atoms in total. The molecule has 0 aliphatic carbocycles. The molecular formula is C29H34N4O9. The first-order valence-corrected chi connectivity index (χ1v) is 13.2. The second-order valence-electron chi connectivity index (χ2n) is 9.34. The van der Waals surface area contributed by atoms with E-state index in [-0.39, 0.29) is 36.3 Å². The van der Waals surface area contributed by atoms with Crippen molar-refractivity contribution in [1.29, 1.82) is 0 Å². The summed E-state index contributed by atoms with van der Waals surface area (Å²) in [5.74, 6) is -4.42. The van der Waals surface area contributed by atoms with Crippen molar-refractivity contribution in [3.8, 4) is 34.5 Å². The van der Waals surface area contributed by atoms with Crippen LogP contribution in [0.15, 0.2) is 54.6 Å². The molecule has 9 N–H and O–H groups in total. The number of phenols is 6. The van der Waals surface area contributed by atoms with Crippen molar-refractivity contribution in [2.45, 2.75) is 12.8 Å². The average Bonchev–Trinajstić information content (AvgIpc) is 2.96. The predicted octanol–water partition coefficient (Wildman–Crippen LogP) is 1.59. The lowest BCUT2D eigenvalue weighted by Gasteiger charge is -2.23. The van der Waals surface area contributed by atoms with Gasteiger partial charge < -0.3 is 51.5 Å². The number of carbonyl (C=O) groups is 3. The molecule has 3 amide bonds. The molecule has 0 aliphatic rings. The number of rotatable bonds is 14. The molecule has 13 heteroatoms. The van der Waals surface area contributed by atoms with Crippen LogP contribution in [0.2, 0.25) is 0 Å². The van der Waals surface area contributed by atoms with Crippen LogP contribution in [-0.4, -0.2) is 92.5 Å². The van der Waals surface area contributed by atoms with E-state index < -0.39 is 52.2 Å². The molecule has 0 heterocycles. The van der Waals surface area contributed by atoms with Crippen molar-refractivity contribution in [2.24, 2.45) is 0 Å². The number of phenolic OH excluding ortho intramolecular Hbond substituents is 6. The standard InChI is InChI=1S/C29H34N4O9/c34-21-9-1-6-18(24(21)37)27(40)30-12-4-15-33(17-14-32-29(42)20-8-3-11-23(36)26(20)39)16-5-13-31-28(41)19-7-2-10-22(35)25(19)38/h1-3,6-11,34-39H,4-5,12-17H2,(H,30,40)(H,31,41)(H,32,42). The van der Waals surface area contributed by atoms with Crippen LogP contribution in [0.25, 0.3) is 0 Å². The highest BCUT2D eigenvalue weighted by Gasteiger charge is 2.16. The fourth-order valence-corrected chi connectivity index (χ4v) is 4.10. The average molecular weight is 583 g/mol. The zero-order chi connectivity index (χ0) is 30.6. The minimum absolute atomic E-state index is 0.0571. The molecule has 42 heavy (non-hydrogen) atoms. The number of benzene rings is 3. The number of amides is 3. The molecule has 0 bridgehead atoms. The Kier molecular flexibility index (Phi) is 11.2. The van der Waals surface area contributed by atoms with Gasteiger partial charge in [-0.05, 0) is 62.3 Å². The number of para-hydroxylation sites is 3. The first-order valence-electron chi connectivity index (χ1n) is 13.2. The van der Waals surface area contributed by atoms with E-state index in [9.17, 15) is 45.0 Å². The third-order valence-corrected chi connectivity index (χ3v) is 6.36. The lowest BCUT2D eigenvalue weighted by Crippen LogP contribution is -2.38. The fraction of sp³-hybridized carbons (Fsp3) is 0.276. The number of hydrogen-bond donors (Lipinski definition) is 9. The van der Waals surface area contributed by atoms with Crippen molar-refractivity contribution >= 4 is 17.7 Å². The van der Waals surface area contributed by atoms with E-state index in [0.29, 0.717) is 32.5 Å². The second kappa shape index (κ2) is 15.0. The van der Waals surface area contributed by atoms with Crippen molar-refractivity contribution in [3.05, 3.63) is 71.3 Å². The van der Waals surface area contributed by atoms with Crippen LogP contribution in [0.4, 0.5) is 0 Å². The van der Waals surface area contributed by atoms with Gasteiger partial charge in [-0.15, -0.1) is 0 Å². The Morgan fingerprint density at radius 2 is 0.833 bits per heavy atom. The summed E-state index contributed by atoms with van der Waals surface area (Å²) in [5.41, 5.74) is -0.186. The Morgan fingerprint density at radius 3 is 1.19 bits per heavy atom. The molecule has 3 aromatic rings. The van der Waals surface area contributed by atoms with Crippen LogP contribution in [0, 0.1) is 0 Å². The van der Waals surface area contributed by atoms with Gasteiger partial charge in [-0.3, -0.25) is 14.4 Å². The van der Waals surface area contributed by atoms with E-state index >= 15 is 0 Å². The van der Waals surface area contributed by atoms with Gasteiger partial charge in [0.25, 0.3) is 17.7 Å². The van der Waals surface area contributed by atoms with E-state index in [4.69, 9.17) is 0 Å². The van der Waals surface area contributed by atoms with E-state index in [1.54, 1.807) is 0 Å². The van der Waals surface area contributed by atoms with E-state index in [0.717, 1.165) is 0 Å². The van der Waals surface area contributed by atoms with Gasteiger partial charge in [0.2, 0.25) is 0 Å². The smallest absolute Gasteiger partial charge is 0.255 e. The normalized spacial score (nSPS) is 10.8. The highest BCUT2D eigenvalue weighted by molar-refractivity contribution is 5.98. The summed E-state index contributed by atoms with van der Waals surface area (Å²) < 4.78 is 0. The molecule has 0 saturated carbocycles. The molecule has 224 valence electrons. The summed E-state index contributed by atoms with van der Waals surface area (Å²) in [6.45, 7) is 2.06. The van der Waals surface area contributed by atoms with Gasteiger partial charge in [0.05, 0.1) is 16.7 Å². The molecule has 0 atom stereocenters. The maximum absolute atomic E-state index is 12.5. The molecule has 0 fully saturated rings. The Morgan fingerprint density at radius 1 is 0.500 bits per heavy atom. The quantitative estimate of drug-likeness (QED) is 0.0989. The monoisotopic (exact) mass is 582 g/mol. The zero-order valence-electron chi connectivity index (χ0n) is 22.7. The molecule has 0 saturated heterocycles. The SMILES string of the molecule is O=C(NCCCN(CCCNC(=O)c1cccc(O)c1O)CCNC(=O)c1cccc(O)c1O)c1cccc(O)c1O. The van der Waals surface area contributed by atoms with Gasteiger partial charge in [0.15, 0.2) is 34.5 Å². The minimum atomic E-state index is -0.570. The highest BCUT2D eigenvalue weighted by atomic mass is 16.3. The number of nitrogens with zero attached hydrogens (tertiary/aromatic N) is 1. The number of hydrogen-bond acceptors (Lipinski definition) is 10. The van der Waals surface area contributed by atoms with Crippen molar-refractivity contribution in [3.63, 3.8) is 0 Å². The Balaban J connectivity index is 1.52. The summed E-state index contributed by atoms with van der Waals surface area (Å²) in [5, 5.41) is 66.6. The van der Waals surface area contributed by atoms with Gasteiger partial charge >= 0.3 is 0 Å². The number of nitrogens with one attached hydrogen (secondary N) is 3. The molecule has 0 radical (unpaired) electrons. The Labute approximate surface area is 241 Å². The van der Waals surface area contributed by atoms with E-state index in [1.807, 2.05) is 4.90 Å². The zero-order valence-corrected chi connectivity index (χ0v) is 22.7. The van der Waals surface area contributed by atoms with Crippen molar-refractivity contribution < 1.29 is 45.0 Å². The maximum Gasteiger partial charge on any atom is 0.255 e. The van der Waals surface area contributed by atoms with Crippen LogP contribution in [0.1, 0.15) is 43.9 Å². The predicted molar refractivity (Wildman–Crippen MR) is 152 cm³/mol. The Bertz CT molecular complexity index is 1340. The van der Waals surface area contributed by atoms with Crippen LogP contribution < -0.4 is 16.0 Å². The highest BCUT2D eigenvalue weighted by Crippen LogP contribution is 2.29. The van der Waals surface area contributed by atoms with Gasteiger partial charge in [0, 0.05) is 26.2 Å². The minimum Gasteiger partial charge on any atom is -0.504 e. The summed E-state index contributed by atoms with van der Waals surface area (Å²) >= 11 is 0. The molecule has 0 unspecified atom stereocenters. The lowest BCUT2D eigenvalue weighted by molar-refractivity contribution is 0.0930. The van der Waals surface area contributed by atoms with Crippen molar-refractivity contribution in [1.82, 2.24) is 20.9 Å². The van der Waals surface area contributed by atoms with Crippen LogP contribution in [-0.2, 0) is 0 Å². The second-order valence-corrected chi connectivity index (χ2v) is 9.34. The lowest BCUT2D eigenvalue weighted by atomic mass is 10.1. The molecule has 3 rings (SSSR count). The first-order chi connectivity index (χ1) is 20.1. The summed E-state index contributed by atoms with van der Waals surface area (Å²) in [6, 6.07) is 12.2. The molecule has 0 spiro atoms. The largest absolute Gasteiger partial charge is 0.504 e. The van der Waals surface area contributed by atoms with E-state index in [1.165, 1.54) is 54.6 Å². The molecular weight excluding hydrogens is 548 g/mol. The first kappa shape index (κ1) is 31.4. The third kappa shape index (κ3) is 8.41. The van der Waals surface area contributed by atoms with Gasteiger partial charge in [-0.1, -0.05) is 18.2 Å². The van der Waals surface area contributed by atoms with Crippen LogP contribution >= 0.6 is 0 Å². The number of carbonyl (C=O) groups excluding carboxylic acids is 3. The van der Waals surface area contributed by atoms with Gasteiger partial charge in [-0.25, -0.2) is 0 Å². The third-order valence-electron chi connectivity index (χ3n) is 6.36. The number of aromatic hydroxyl groups is 6. The summed E-state index contributed by atoms with van der Waals surface area (Å²) in [4.78, 5) is 39.2. The van der Waals surface area contributed by atoms with Crippen LogP contribution in [0.5, 0.6) is 34.5 Å². The topological polar surface area (TPSA) is 212 Å². The van der Waals surface area contributed by atoms with Crippen molar-refractivity contribution in [2.75, 3.05) is 39.3 Å². The fourth-order valence-electron chi connectivity index (χ4n) is 4.10. The summed E-state index contributed by atoms with van der Waals surface area (Å²) in [7, 11) is 0. The van der Waals surface area contributed by atoms with Crippen LogP contribution in [0.3, 0.4) is 0 Å². The maximum atomic E-state index is 12.5. The molecule has 3 aromatic carbocycles. The van der Waals surface area contributed by atoms with E-state index in [2.05, 4.69) is 16.0 Å². The van der Waals surface area contributed by atoms with Gasteiger partial charge in [-0.2, -0.15) is 0 Å².